The summed E-state index contributed by atoms with van der Waals surface area (Å²) in [5, 5.41) is 9.22. The lowest BCUT2D eigenvalue weighted by Gasteiger charge is -2.14. The van der Waals surface area contributed by atoms with Crippen LogP contribution in [0.5, 0.6) is 5.75 Å². The first-order valence-electron chi connectivity index (χ1n) is 10.3. The van der Waals surface area contributed by atoms with Crippen LogP contribution >= 0.6 is 11.3 Å². The van der Waals surface area contributed by atoms with E-state index >= 15 is 0 Å². The number of methoxy groups -OCH3 is 1. The van der Waals surface area contributed by atoms with Crippen LogP contribution in [0.4, 0.5) is 10.8 Å². The Morgan fingerprint density at radius 3 is 2.88 bits per heavy atom. The Bertz CT molecular complexity index is 1420. The van der Waals surface area contributed by atoms with Crippen molar-refractivity contribution in [3.8, 4) is 17.0 Å². The predicted molar refractivity (Wildman–Crippen MR) is 128 cm³/mol. The number of nitrogens with one attached hydrogen (secondary N) is 2. The summed E-state index contributed by atoms with van der Waals surface area (Å²) in [5.41, 5.74) is 4.02. The third-order valence-electron chi connectivity index (χ3n) is 5.83. The van der Waals surface area contributed by atoms with Crippen LogP contribution in [0, 0.1) is 0 Å². The molecule has 0 saturated carbocycles. The van der Waals surface area contributed by atoms with Gasteiger partial charge in [0, 0.05) is 35.6 Å². The fourth-order valence-electron chi connectivity index (χ4n) is 4.25. The highest BCUT2D eigenvalue weighted by Gasteiger charge is 2.25. The molecule has 0 saturated heterocycles. The molecule has 0 radical (unpaired) electrons. The van der Waals surface area contributed by atoms with E-state index in [1.165, 1.54) is 11.3 Å². The second-order valence-electron chi connectivity index (χ2n) is 7.80. The maximum atomic E-state index is 13.2. The summed E-state index contributed by atoms with van der Waals surface area (Å²) in [6.07, 6.45) is 2.52. The zero-order chi connectivity index (χ0) is 22.4. The van der Waals surface area contributed by atoms with E-state index in [1.807, 2.05) is 41.3 Å². The van der Waals surface area contributed by atoms with Gasteiger partial charge in [-0.25, -0.2) is 4.98 Å². The molecule has 1 aliphatic heterocycles. The molecular weight excluding hydrogens is 424 g/mol. The van der Waals surface area contributed by atoms with Gasteiger partial charge in [-0.05, 0) is 43.2 Å². The van der Waals surface area contributed by atoms with Crippen molar-refractivity contribution >= 4 is 39.0 Å². The van der Waals surface area contributed by atoms with E-state index in [1.54, 1.807) is 25.4 Å². The quantitative estimate of drug-likeness (QED) is 0.470. The first kappa shape index (κ1) is 20.3. The lowest BCUT2D eigenvalue weighted by Crippen LogP contribution is -2.24. The fourth-order valence-corrected chi connectivity index (χ4v) is 4.93. The van der Waals surface area contributed by atoms with Gasteiger partial charge in [0.1, 0.15) is 11.3 Å². The van der Waals surface area contributed by atoms with Gasteiger partial charge in [0.05, 0.1) is 24.0 Å². The van der Waals surface area contributed by atoms with Crippen LogP contribution in [-0.4, -0.2) is 29.6 Å². The topological polar surface area (TPSA) is 85.2 Å². The molecule has 0 fully saturated rings. The Kier molecular flexibility index (Phi) is 4.94. The Hall–Kier alpha value is -3.65. The Morgan fingerprint density at radius 2 is 2.12 bits per heavy atom. The molecule has 2 aromatic heterocycles. The highest BCUT2D eigenvalue weighted by atomic mass is 32.1. The van der Waals surface area contributed by atoms with Crippen LogP contribution in [0.15, 0.2) is 52.8 Å². The Labute approximate surface area is 188 Å². The molecule has 3 heterocycles. The summed E-state index contributed by atoms with van der Waals surface area (Å²) in [5.74, 6) is 0.0436. The average molecular weight is 447 g/mol. The van der Waals surface area contributed by atoms with Gasteiger partial charge in [0.15, 0.2) is 5.13 Å². The standard InChI is InChI=1S/C24H22N4O3S/c1-13-9-15-5-4-6-16-21(15)28(13)11-17(22(16)29)23(30)26-18-10-14(7-8-20(18)31-3)19-12-32-24(25-2)27-19/h4-8,10-13H,9H2,1-3H3,(H,25,27)(H,26,30)/t13-/m1/s1. The minimum atomic E-state index is -0.463. The number of nitrogens with zero attached hydrogens (tertiary/aromatic N) is 2. The summed E-state index contributed by atoms with van der Waals surface area (Å²) in [7, 11) is 3.36. The molecule has 1 amide bonds. The first-order chi connectivity index (χ1) is 15.5. The SMILES string of the molecule is CNc1nc(-c2ccc(OC)c(NC(=O)c3cn4c5c(cccc5c3=O)C[C@H]4C)c2)cs1. The van der Waals surface area contributed by atoms with Crippen LogP contribution in [0.25, 0.3) is 22.2 Å². The molecule has 0 aliphatic carbocycles. The molecule has 162 valence electrons. The van der Waals surface area contributed by atoms with Crippen molar-refractivity contribution < 1.29 is 9.53 Å². The smallest absolute Gasteiger partial charge is 0.261 e. The number of para-hydroxylation sites is 1. The van der Waals surface area contributed by atoms with Gasteiger partial charge in [-0.3, -0.25) is 9.59 Å². The van der Waals surface area contributed by atoms with Crippen molar-refractivity contribution in [2.24, 2.45) is 0 Å². The third kappa shape index (κ3) is 3.23. The second-order valence-corrected chi connectivity index (χ2v) is 8.66. The van der Waals surface area contributed by atoms with E-state index in [2.05, 4.69) is 22.5 Å². The minimum absolute atomic E-state index is 0.113. The van der Waals surface area contributed by atoms with Crippen molar-refractivity contribution in [1.82, 2.24) is 9.55 Å². The molecule has 2 aromatic carbocycles. The van der Waals surface area contributed by atoms with Gasteiger partial charge in [-0.2, -0.15) is 0 Å². The van der Waals surface area contributed by atoms with Gasteiger partial charge in [0.2, 0.25) is 5.43 Å². The number of benzene rings is 2. The van der Waals surface area contributed by atoms with Crippen LogP contribution in [-0.2, 0) is 6.42 Å². The fraction of sp³-hybridized carbons (Fsp3) is 0.208. The molecule has 7 nitrogen and oxygen atoms in total. The number of pyridine rings is 1. The number of anilines is 2. The molecule has 0 spiro atoms. The van der Waals surface area contributed by atoms with Crippen molar-refractivity contribution in [1.29, 1.82) is 0 Å². The zero-order valence-corrected chi connectivity index (χ0v) is 18.7. The van der Waals surface area contributed by atoms with Gasteiger partial charge >= 0.3 is 0 Å². The lowest BCUT2D eigenvalue weighted by molar-refractivity contribution is 0.102. The lowest BCUT2D eigenvalue weighted by atomic mass is 10.1. The molecule has 32 heavy (non-hydrogen) atoms. The largest absolute Gasteiger partial charge is 0.495 e. The molecular formula is C24H22N4O3S. The molecule has 1 aliphatic rings. The number of thiazole rings is 1. The van der Waals surface area contributed by atoms with E-state index < -0.39 is 5.91 Å². The number of aromatic nitrogens is 2. The molecule has 1 atom stereocenters. The molecule has 0 unspecified atom stereocenters. The van der Waals surface area contributed by atoms with E-state index in [9.17, 15) is 9.59 Å². The van der Waals surface area contributed by atoms with Crippen LogP contribution in [0.1, 0.15) is 28.9 Å². The van der Waals surface area contributed by atoms with Crippen molar-refractivity contribution in [2.75, 3.05) is 24.8 Å². The van der Waals surface area contributed by atoms with Crippen LogP contribution in [0.2, 0.25) is 0 Å². The highest BCUT2D eigenvalue weighted by Crippen LogP contribution is 2.33. The number of carbonyl (C=O) groups excluding carboxylic acids is 1. The molecule has 2 N–H and O–H groups in total. The summed E-state index contributed by atoms with van der Waals surface area (Å²) in [6.45, 7) is 2.09. The first-order valence-corrected chi connectivity index (χ1v) is 11.2. The molecule has 8 heteroatoms. The summed E-state index contributed by atoms with van der Waals surface area (Å²) in [6, 6.07) is 11.4. The van der Waals surface area contributed by atoms with Gasteiger partial charge in [-0.15, -0.1) is 11.3 Å². The van der Waals surface area contributed by atoms with Gasteiger partial charge in [0.25, 0.3) is 5.91 Å². The predicted octanol–water partition coefficient (Wildman–Crippen LogP) is 4.54. The highest BCUT2D eigenvalue weighted by molar-refractivity contribution is 7.14. The monoisotopic (exact) mass is 446 g/mol. The maximum absolute atomic E-state index is 13.2. The summed E-state index contributed by atoms with van der Waals surface area (Å²) >= 11 is 1.50. The van der Waals surface area contributed by atoms with Gasteiger partial charge < -0.3 is 19.9 Å². The molecule has 4 aromatic rings. The molecule has 5 rings (SSSR count). The number of hydrogen-bond donors (Lipinski definition) is 2. The van der Waals surface area contributed by atoms with Crippen molar-refractivity contribution in [2.45, 2.75) is 19.4 Å². The van der Waals surface area contributed by atoms with Gasteiger partial charge in [-0.1, -0.05) is 12.1 Å². The zero-order valence-electron chi connectivity index (χ0n) is 17.9. The third-order valence-corrected chi connectivity index (χ3v) is 6.69. The van der Waals surface area contributed by atoms with E-state index in [-0.39, 0.29) is 17.0 Å². The summed E-state index contributed by atoms with van der Waals surface area (Å²) in [4.78, 5) is 30.9. The maximum Gasteiger partial charge on any atom is 0.261 e. The van der Waals surface area contributed by atoms with Crippen LogP contribution in [0.3, 0.4) is 0 Å². The van der Waals surface area contributed by atoms with Crippen LogP contribution < -0.4 is 20.8 Å². The van der Waals surface area contributed by atoms with E-state index in [0.29, 0.717) is 16.8 Å². The van der Waals surface area contributed by atoms with Crippen molar-refractivity contribution in [3.05, 3.63) is 69.3 Å². The van der Waals surface area contributed by atoms with Crippen molar-refractivity contribution in [3.63, 3.8) is 0 Å². The Morgan fingerprint density at radius 1 is 1.28 bits per heavy atom. The number of carbonyl (C=O) groups is 1. The minimum Gasteiger partial charge on any atom is -0.495 e. The average Bonchev–Trinajstić information content (AvgIpc) is 3.41. The normalized spacial score (nSPS) is 14.5. The number of ether oxygens (including phenoxy) is 1. The molecule has 0 bridgehead atoms. The van der Waals surface area contributed by atoms with E-state index in [0.717, 1.165) is 33.9 Å². The second kappa shape index (κ2) is 7.80. The number of hydrogen-bond acceptors (Lipinski definition) is 6. The number of rotatable bonds is 5. The van der Waals surface area contributed by atoms with E-state index in [4.69, 9.17) is 4.74 Å². The Balaban J connectivity index is 1.55. The number of amides is 1. The summed E-state index contributed by atoms with van der Waals surface area (Å²) < 4.78 is 7.47.